The summed E-state index contributed by atoms with van der Waals surface area (Å²) in [6, 6.07) is -1.67. The van der Waals surface area contributed by atoms with E-state index in [1.54, 1.807) is 13.8 Å². The molecule has 23 heteroatoms. The van der Waals surface area contributed by atoms with E-state index < -0.39 is 181 Å². The highest BCUT2D eigenvalue weighted by Gasteiger charge is 2.42. The van der Waals surface area contributed by atoms with Crippen LogP contribution in [-0.4, -0.2) is 162 Å². The lowest BCUT2D eigenvalue weighted by Gasteiger charge is -2.31. The van der Waals surface area contributed by atoms with Crippen molar-refractivity contribution in [2.45, 2.75) is 101 Å². The van der Waals surface area contributed by atoms with Gasteiger partial charge in [0.15, 0.2) is 17.3 Å². The van der Waals surface area contributed by atoms with Gasteiger partial charge in [-0.15, -0.1) is 0 Å². The average Bonchev–Trinajstić information content (AvgIpc) is 3.81. The van der Waals surface area contributed by atoms with Gasteiger partial charge >= 0.3 is 0 Å². The molecule has 1 aromatic heterocycles. The number of aromatic nitrogens is 1. The van der Waals surface area contributed by atoms with Crippen LogP contribution in [0.3, 0.4) is 0 Å². The molecule has 2 bridgehead atoms. The number of aromatic hydroxyl groups is 1. The Bertz CT molecular complexity index is 2220. The number of benzene rings is 1. The monoisotopic (exact) mass is 930 g/mol. The maximum Gasteiger partial charge on any atom is 0.243 e. The molecule has 6 amide bonds. The van der Waals surface area contributed by atoms with E-state index in [9.17, 15) is 67.8 Å². The van der Waals surface area contributed by atoms with Gasteiger partial charge in [-0.3, -0.25) is 52.3 Å². The molecule has 4 heterocycles. The number of nitrogens with one attached hydrogen (secondary N) is 6. The van der Waals surface area contributed by atoms with E-state index in [4.69, 9.17) is 5.73 Å². The number of nitrogens with two attached hydrogens (primary N) is 1. The number of hydrogen-bond acceptors (Lipinski definition) is 15. The summed E-state index contributed by atoms with van der Waals surface area (Å²) in [5.74, 6) is -13.1. The van der Waals surface area contributed by atoms with E-state index in [2.05, 4.69) is 31.6 Å². The number of Topliss-reactive ketones (excluding diaryl/α,β-unsaturated/α-hetero) is 3. The maximum atomic E-state index is 14.6. The first kappa shape index (κ1) is 50.4. The van der Waals surface area contributed by atoms with E-state index in [-0.39, 0.29) is 34.8 Å². The molecule has 5 rings (SSSR count). The molecule has 2 aromatic rings. The molecular formula is C42H58N8O14S. The zero-order valence-corrected chi connectivity index (χ0v) is 37.1. The van der Waals surface area contributed by atoms with Gasteiger partial charge in [-0.1, -0.05) is 27.2 Å². The smallest absolute Gasteiger partial charge is 0.243 e. The van der Waals surface area contributed by atoms with Crippen molar-refractivity contribution in [3.05, 3.63) is 23.8 Å². The Labute approximate surface area is 376 Å². The van der Waals surface area contributed by atoms with E-state index >= 15 is 0 Å². The molecule has 22 nitrogen and oxygen atoms in total. The fourth-order valence-corrected chi connectivity index (χ4v) is 9.86. The predicted octanol–water partition coefficient (Wildman–Crippen LogP) is -3.70. The van der Waals surface area contributed by atoms with Gasteiger partial charge in [0.2, 0.25) is 35.4 Å². The number of ketones is 3. The van der Waals surface area contributed by atoms with Crippen molar-refractivity contribution in [1.29, 1.82) is 0 Å². The number of rotatable bonds is 7. The Kier molecular flexibility index (Phi) is 17.1. The minimum atomic E-state index is -2.31. The summed E-state index contributed by atoms with van der Waals surface area (Å²) in [6.07, 6.45) is -5.05. The number of amides is 6. The Hall–Kier alpha value is -5.62. The summed E-state index contributed by atoms with van der Waals surface area (Å²) in [5, 5.41) is 54.6. The molecule has 0 saturated carbocycles. The van der Waals surface area contributed by atoms with Crippen molar-refractivity contribution in [3.8, 4) is 5.75 Å². The highest BCUT2D eigenvalue weighted by molar-refractivity contribution is 7.85. The molecule has 3 aliphatic rings. The van der Waals surface area contributed by atoms with Crippen LogP contribution in [0.2, 0.25) is 0 Å². The van der Waals surface area contributed by atoms with Crippen molar-refractivity contribution >= 4 is 74.5 Å². The summed E-state index contributed by atoms with van der Waals surface area (Å²) in [7, 11) is -2.31. The standard InChI is InChI=1S/C42H58N8O14S/c1-4-19(2)37-41(63)45-13-35(59)46-28-18-65(64)42-26(25-6-5-23(52)11-27(25)47-42)7-22(39(61)44-14-36(60)48-37)9-31(55)38(20(3)33(57)17-51)49-40(62)29-12-24(53)15-50(29)16-32(56)21(8-30(28)54)10-34(43)58/h5-6,11,19-22,24,28-29,33,37-38,47,51-53,57H,4,7-10,12-18H2,1-3H3,(H2,43,58)(H,44,61)(H,45,63)(H,46,59)(H,48,60)(H,49,62)/t19-,20-,21-,22+,24+,28-,29-,33-,37-,38-,65?/m0/s1. The molecule has 1 saturated heterocycles. The highest BCUT2D eigenvalue weighted by Crippen LogP contribution is 2.32. The number of fused-ring (bicyclic) bond motifs is 5. The fourth-order valence-electron chi connectivity index (χ4n) is 8.43. The van der Waals surface area contributed by atoms with Crippen LogP contribution in [0, 0.1) is 23.7 Å². The summed E-state index contributed by atoms with van der Waals surface area (Å²) < 4.78 is 14.6. The van der Waals surface area contributed by atoms with Gasteiger partial charge in [0.25, 0.3) is 0 Å². The average molecular weight is 931 g/mol. The third-order valence-corrected chi connectivity index (χ3v) is 13.8. The molecule has 0 spiro atoms. The quantitative estimate of drug-likeness (QED) is 0.127. The first-order valence-corrected chi connectivity index (χ1v) is 22.8. The Morgan fingerprint density at radius 3 is 2.23 bits per heavy atom. The lowest BCUT2D eigenvalue weighted by molar-refractivity contribution is -0.136. The number of nitrogens with zero attached hydrogens (tertiary/aromatic N) is 1. The third kappa shape index (κ3) is 12.6. The summed E-state index contributed by atoms with van der Waals surface area (Å²) in [4.78, 5) is 128. The van der Waals surface area contributed by atoms with Crippen molar-refractivity contribution in [2.75, 3.05) is 38.5 Å². The summed E-state index contributed by atoms with van der Waals surface area (Å²) in [5.41, 5.74) is 5.90. The molecular weight excluding hydrogens is 873 g/mol. The van der Waals surface area contributed by atoms with Gasteiger partial charge in [-0.05, 0) is 36.5 Å². The van der Waals surface area contributed by atoms with Crippen LogP contribution >= 0.6 is 0 Å². The fraction of sp³-hybridized carbons (Fsp3) is 0.595. The molecule has 1 unspecified atom stereocenters. The lowest BCUT2D eigenvalue weighted by Crippen LogP contribution is -2.55. The van der Waals surface area contributed by atoms with E-state index in [1.807, 2.05) is 0 Å². The number of aromatic amines is 1. The maximum absolute atomic E-state index is 14.6. The van der Waals surface area contributed by atoms with Crippen molar-refractivity contribution in [1.82, 2.24) is 36.5 Å². The Balaban J connectivity index is 1.72. The molecule has 12 N–H and O–H groups in total. The van der Waals surface area contributed by atoms with Crippen LogP contribution < -0.4 is 32.3 Å². The number of aliphatic hydroxyl groups is 3. The van der Waals surface area contributed by atoms with Crippen LogP contribution in [0.4, 0.5) is 0 Å². The molecule has 1 aromatic carbocycles. The van der Waals surface area contributed by atoms with Gasteiger partial charge in [-0.25, -0.2) is 0 Å². The second-order valence-corrected chi connectivity index (χ2v) is 18.6. The van der Waals surface area contributed by atoms with Crippen LogP contribution in [0.1, 0.15) is 58.4 Å². The first-order chi connectivity index (χ1) is 30.7. The zero-order chi connectivity index (χ0) is 47.9. The zero-order valence-electron chi connectivity index (χ0n) is 36.3. The number of primary amides is 1. The second kappa shape index (κ2) is 22.0. The first-order valence-electron chi connectivity index (χ1n) is 21.4. The van der Waals surface area contributed by atoms with Gasteiger partial charge in [-0.2, -0.15) is 0 Å². The van der Waals surface area contributed by atoms with Crippen LogP contribution in [0.25, 0.3) is 10.9 Å². The number of aliphatic hydroxyl groups excluding tert-OH is 3. The predicted molar refractivity (Wildman–Crippen MR) is 229 cm³/mol. The normalized spacial score (nSPS) is 29.0. The van der Waals surface area contributed by atoms with Crippen LogP contribution in [0.5, 0.6) is 5.75 Å². The van der Waals surface area contributed by atoms with E-state index in [0.717, 1.165) is 0 Å². The molecule has 1 fully saturated rings. The summed E-state index contributed by atoms with van der Waals surface area (Å²) in [6.45, 7) is 1.71. The number of phenolic OH excluding ortho intramolecular Hbond substituents is 1. The minimum absolute atomic E-state index is 0.0951. The molecule has 356 valence electrons. The molecule has 0 radical (unpaired) electrons. The van der Waals surface area contributed by atoms with Crippen LogP contribution in [-0.2, 0) is 60.4 Å². The van der Waals surface area contributed by atoms with E-state index in [0.29, 0.717) is 11.8 Å². The number of phenols is 1. The number of carbonyl (C=O) groups excluding carboxylic acids is 9. The molecule has 11 atom stereocenters. The van der Waals surface area contributed by atoms with Gasteiger partial charge in [0.05, 0.1) is 78.6 Å². The Morgan fingerprint density at radius 2 is 1.57 bits per heavy atom. The van der Waals surface area contributed by atoms with Gasteiger partial charge in [0, 0.05) is 55.0 Å². The highest BCUT2D eigenvalue weighted by atomic mass is 32.2. The minimum Gasteiger partial charge on any atom is -0.508 e. The largest absolute Gasteiger partial charge is 0.508 e. The van der Waals surface area contributed by atoms with Gasteiger partial charge in [0.1, 0.15) is 16.8 Å². The number of hydrogen-bond donors (Lipinski definition) is 11. The SMILES string of the molecule is CC[C@H](C)[C@@H]1NC(=O)CNC(=O)[C@H]2CC(=O)[C@H]([C@@H](C)[C@@H](O)CO)NC(=O)[C@@H]3C[C@@H](O)CN3CC(=O)[C@H](CC(N)=O)CC(=O)[C@H](CS(=O)c3[nH]c4cc(O)ccc4c3C2)NC(=O)CNC1=O. The third-order valence-electron chi connectivity index (χ3n) is 12.4. The van der Waals surface area contributed by atoms with Crippen molar-refractivity contribution in [2.24, 2.45) is 29.4 Å². The van der Waals surface area contributed by atoms with Crippen molar-refractivity contribution in [3.63, 3.8) is 0 Å². The second-order valence-electron chi connectivity index (χ2n) is 17.2. The number of carbonyl (C=O) groups is 9. The number of H-pyrrole nitrogens is 1. The summed E-state index contributed by atoms with van der Waals surface area (Å²) >= 11 is 0. The molecule has 3 aliphatic heterocycles. The van der Waals surface area contributed by atoms with Gasteiger partial charge < -0.3 is 57.7 Å². The van der Waals surface area contributed by atoms with E-state index in [1.165, 1.54) is 30.0 Å². The lowest BCUT2D eigenvalue weighted by atomic mass is 9.85. The molecule has 0 aliphatic carbocycles. The van der Waals surface area contributed by atoms with Crippen molar-refractivity contribution < 1.29 is 67.8 Å². The topological polar surface area (TPSA) is 357 Å². The molecule has 65 heavy (non-hydrogen) atoms. The Morgan fingerprint density at radius 1 is 0.892 bits per heavy atom. The van der Waals surface area contributed by atoms with Crippen LogP contribution in [0.15, 0.2) is 23.2 Å².